The molecule has 0 radical (unpaired) electrons. The third kappa shape index (κ3) is 2.71. The van der Waals surface area contributed by atoms with Gasteiger partial charge in [-0.2, -0.15) is 13.2 Å². The number of fused-ring (bicyclic) bond motifs is 1. The SMILES string of the molecule is COC(=O)C(N)c1cc2cc(C(F)(F)F)ccc2s1. The second-order valence-electron chi connectivity index (χ2n) is 3.90. The number of benzene rings is 1. The van der Waals surface area contributed by atoms with Gasteiger partial charge in [-0.05, 0) is 29.7 Å². The van der Waals surface area contributed by atoms with E-state index in [2.05, 4.69) is 4.74 Å². The molecule has 3 nitrogen and oxygen atoms in total. The molecule has 2 aromatic rings. The Bertz CT molecular complexity index is 621. The molecular formula is C12H10F3NO2S. The highest BCUT2D eigenvalue weighted by Crippen LogP contribution is 2.35. The maximum Gasteiger partial charge on any atom is 0.416 e. The average molecular weight is 289 g/mol. The molecule has 0 spiro atoms. The van der Waals surface area contributed by atoms with Crippen LogP contribution in [0.5, 0.6) is 0 Å². The molecule has 0 bridgehead atoms. The molecule has 0 aliphatic rings. The maximum absolute atomic E-state index is 12.6. The van der Waals surface area contributed by atoms with Gasteiger partial charge < -0.3 is 10.5 Å². The molecular weight excluding hydrogens is 279 g/mol. The number of hydrogen-bond acceptors (Lipinski definition) is 4. The molecule has 1 aromatic heterocycles. The number of hydrogen-bond donors (Lipinski definition) is 1. The van der Waals surface area contributed by atoms with Crippen molar-refractivity contribution in [3.63, 3.8) is 0 Å². The van der Waals surface area contributed by atoms with E-state index in [9.17, 15) is 18.0 Å². The first-order chi connectivity index (χ1) is 8.82. The molecule has 19 heavy (non-hydrogen) atoms. The zero-order valence-electron chi connectivity index (χ0n) is 9.82. The molecule has 2 N–H and O–H groups in total. The fourth-order valence-corrected chi connectivity index (χ4v) is 2.67. The third-order valence-electron chi connectivity index (χ3n) is 2.62. The van der Waals surface area contributed by atoms with Crippen LogP contribution in [0.2, 0.25) is 0 Å². The Kier molecular flexibility index (Phi) is 3.51. The van der Waals surface area contributed by atoms with E-state index >= 15 is 0 Å². The van der Waals surface area contributed by atoms with Crippen molar-refractivity contribution >= 4 is 27.4 Å². The van der Waals surface area contributed by atoms with Crippen LogP contribution >= 0.6 is 11.3 Å². The van der Waals surface area contributed by atoms with Crippen molar-refractivity contribution in [2.24, 2.45) is 5.73 Å². The number of nitrogens with two attached hydrogens (primary N) is 1. The van der Waals surface area contributed by atoms with Gasteiger partial charge in [0.15, 0.2) is 0 Å². The largest absolute Gasteiger partial charge is 0.468 e. The number of thiophene rings is 1. The molecule has 1 unspecified atom stereocenters. The summed E-state index contributed by atoms with van der Waals surface area (Å²) in [6.07, 6.45) is -4.39. The summed E-state index contributed by atoms with van der Waals surface area (Å²) in [6, 6.07) is 3.93. The number of carbonyl (C=O) groups excluding carboxylic acids is 1. The van der Waals surface area contributed by atoms with Crippen LogP contribution in [0.15, 0.2) is 24.3 Å². The third-order valence-corrected chi connectivity index (χ3v) is 3.82. The van der Waals surface area contributed by atoms with Crippen molar-refractivity contribution in [2.75, 3.05) is 7.11 Å². The minimum Gasteiger partial charge on any atom is -0.468 e. The molecule has 0 aliphatic heterocycles. The quantitative estimate of drug-likeness (QED) is 0.864. The summed E-state index contributed by atoms with van der Waals surface area (Å²) in [7, 11) is 1.21. The van der Waals surface area contributed by atoms with Gasteiger partial charge in [0.2, 0.25) is 0 Å². The Morgan fingerprint density at radius 2 is 2.05 bits per heavy atom. The predicted octanol–water partition coefficient (Wildman–Crippen LogP) is 3.09. The van der Waals surface area contributed by atoms with Gasteiger partial charge >= 0.3 is 12.1 Å². The second kappa shape index (κ2) is 4.82. The summed E-state index contributed by atoms with van der Waals surface area (Å²) < 4.78 is 42.8. The number of esters is 1. The Morgan fingerprint density at radius 3 is 2.63 bits per heavy atom. The number of ether oxygens (including phenoxy) is 1. The van der Waals surface area contributed by atoms with Crippen LogP contribution in [0.3, 0.4) is 0 Å². The summed E-state index contributed by atoms with van der Waals surface area (Å²) in [5.74, 6) is -0.623. The van der Waals surface area contributed by atoms with Crippen molar-refractivity contribution in [3.8, 4) is 0 Å². The molecule has 1 aromatic carbocycles. The number of rotatable bonds is 2. The molecule has 0 fully saturated rings. The molecule has 0 saturated carbocycles. The lowest BCUT2D eigenvalue weighted by atomic mass is 10.1. The summed E-state index contributed by atoms with van der Waals surface area (Å²) >= 11 is 1.18. The summed E-state index contributed by atoms with van der Waals surface area (Å²) in [5.41, 5.74) is 4.92. The van der Waals surface area contributed by atoms with E-state index in [1.165, 1.54) is 30.6 Å². The molecule has 1 heterocycles. The molecule has 7 heteroatoms. The van der Waals surface area contributed by atoms with Crippen molar-refractivity contribution in [3.05, 3.63) is 34.7 Å². The first-order valence-electron chi connectivity index (χ1n) is 5.27. The smallest absolute Gasteiger partial charge is 0.416 e. The van der Waals surface area contributed by atoms with Crippen LogP contribution in [0.1, 0.15) is 16.5 Å². The van der Waals surface area contributed by atoms with Gasteiger partial charge in [-0.15, -0.1) is 11.3 Å². The topological polar surface area (TPSA) is 52.3 Å². The van der Waals surface area contributed by atoms with Crippen LogP contribution < -0.4 is 5.73 Å². The number of alkyl halides is 3. The zero-order chi connectivity index (χ0) is 14.2. The van der Waals surface area contributed by atoms with Gasteiger partial charge in [-0.1, -0.05) is 0 Å². The Labute approximate surface area is 110 Å². The van der Waals surface area contributed by atoms with Crippen LogP contribution in [0.4, 0.5) is 13.2 Å². The van der Waals surface area contributed by atoms with Crippen molar-refractivity contribution in [1.29, 1.82) is 0 Å². The molecule has 0 amide bonds. The summed E-state index contributed by atoms with van der Waals surface area (Å²) in [4.78, 5) is 11.8. The fourth-order valence-electron chi connectivity index (χ4n) is 1.64. The van der Waals surface area contributed by atoms with Crippen molar-refractivity contribution in [2.45, 2.75) is 12.2 Å². The molecule has 0 saturated heterocycles. The molecule has 0 aliphatic carbocycles. The minimum absolute atomic E-state index is 0.411. The lowest BCUT2D eigenvalue weighted by Crippen LogP contribution is -2.21. The fraction of sp³-hybridized carbons (Fsp3) is 0.250. The van der Waals surface area contributed by atoms with Gasteiger partial charge in [-0.25, -0.2) is 4.79 Å². The number of methoxy groups -OCH3 is 1. The first-order valence-corrected chi connectivity index (χ1v) is 6.08. The minimum atomic E-state index is -4.39. The lowest BCUT2D eigenvalue weighted by Gasteiger charge is -2.05. The van der Waals surface area contributed by atoms with Gasteiger partial charge in [0.1, 0.15) is 6.04 Å². The van der Waals surface area contributed by atoms with Gasteiger partial charge in [-0.3, -0.25) is 0 Å². The second-order valence-corrected chi connectivity index (χ2v) is 5.02. The first kappa shape index (κ1) is 13.8. The van der Waals surface area contributed by atoms with Gasteiger partial charge in [0, 0.05) is 9.58 Å². The predicted molar refractivity (Wildman–Crippen MR) is 65.8 cm³/mol. The Balaban J connectivity index is 2.44. The molecule has 1 atom stereocenters. The van der Waals surface area contributed by atoms with Crippen LogP contribution in [0, 0.1) is 0 Å². The zero-order valence-corrected chi connectivity index (χ0v) is 10.6. The van der Waals surface area contributed by atoms with E-state index in [0.717, 1.165) is 12.1 Å². The summed E-state index contributed by atoms with van der Waals surface area (Å²) in [6.45, 7) is 0. The van der Waals surface area contributed by atoms with E-state index < -0.39 is 23.8 Å². The van der Waals surface area contributed by atoms with Crippen molar-refractivity contribution in [1.82, 2.24) is 0 Å². The Hall–Kier alpha value is -1.60. The van der Waals surface area contributed by atoms with E-state index in [1.807, 2.05) is 0 Å². The standard InChI is InChI=1S/C12H10F3NO2S/c1-18-11(17)10(16)9-5-6-4-7(12(13,14)15)2-3-8(6)19-9/h2-5,10H,16H2,1H3. The highest BCUT2D eigenvalue weighted by molar-refractivity contribution is 7.19. The van der Waals surface area contributed by atoms with Gasteiger partial charge in [0.25, 0.3) is 0 Å². The lowest BCUT2D eigenvalue weighted by molar-refractivity contribution is -0.142. The monoisotopic (exact) mass is 289 g/mol. The van der Waals surface area contributed by atoms with Gasteiger partial charge in [0.05, 0.1) is 12.7 Å². The highest BCUT2D eigenvalue weighted by Gasteiger charge is 2.30. The molecule has 102 valence electrons. The normalized spacial score (nSPS) is 13.5. The van der Waals surface area contributed by atoms with Crippen LogP contribution in [-0.4, -0.2) is 13.1 Å². The average Bonchev–Trinajstić information content (AvgIpc) is 2.78. The Morgan fingerprint density at radius 1 is 1.37 bits per heavy atom. The highest BCUT2D eigenvalue weighted by atomic mass is 32.1. The van der Waals surface area contributed by atoms with Crippen molar-refractivity contribution < 1.29 is 22.7 Å². The van der Waals surface area contributed by atoms with E-state index in [-0.39, 0.29) is 0 Å². The van der Waals surface area contributed by atoms with E-state index in [4.69, 9.17) is 5.73 Å². The maximum atomic E-state index is 12.6. The van der Waals surface area contributed by atoms with Crippen LogP contribution in [0.25, 0.3) is 10.1 Å². The summed E-state index contributed by atoms with van der Waals surface area (Å²) in [5, 5.41) is 0.411. The molecule has 2 rings (SSSR count). The van der Waals surface area contributed by atoms with E-state index in [0.29, 0.717) is 15.0 Å². The van der Waals surface area contributed by atoms with E-state index in [1.54, 1.807) is 0 Å². The van der Waals surface area contributed by atoms with Crippen LogP contribution in [-0.2, 0) is 15.7 Å². The number of halogens is 3. The number of carbonyl (C=O) groups is 1.